The predicted octanol–water partition coefficient (Wildman–Crippen LogP) is 0.621. The first-order valence-electron chi connectivity index (χ1n) is 6.76. The molecule has 0 saturated heterocycles. The third-order valence-corrected chi connectivity index (χ3v) is 3.27. The van der Waals surface area contributed by atoms with Crippen LogP contribution in [0.2, 0.25) is 0 Å². The Morgan fingerprint density at radius 2 is 2.16 bits per heavy atom. The predicted molar refractivity (Wildman–Crippen MR) is 70.5 cm³/mol. The molecule has 6 nitrogen and oxygen atoms in total. The molecule has 1 aliphatic rings. The maximum absolute atomic E-state index is 11.6. The van der Waals surface area contributed by atoms with Gasteiger partial charge in [0, 0.05) is 6.61 Å². The summed E-state index contributed by atoms with van der Waals surface area (Å²) >= 11 is 0. The van der Waals surface area contributed by atoms with E-state index in [1.165, 1.54) is 17.4 Å². The van der Waals surface area contributed by atoms with Gasteiger partial charge in [0.05, 0.1) is 18.7 Å². The molecule has 0 radical (unpaired) electrons. The van der Waals surface area contributed by atoms with Gasteiger partial charge >= 0.3 is 5.69 Å². The number of aromatic amines is 1. The Morgan fingerprint density at radius 3 is 2.79 bits per heavy atom. The summed E-state index contributed by atoms with van der Waals surface area (Å²) in [5.74, 6) is 0.433. The highest BCUT2D eigenvalue weighted by Crippen LogP contribution is 2.28. The summed E-state index contributed by atoms with van der Waals surface area (Å²) in [6.07, 6.45) is 3.60. The van der Waals surface area contributed by atoms with Gasteiger partial charge in [0.1, 0.15) is 0 Å². The second-order valence-electron chi connectivity index (χ2n) is 4.98. The highest BCUT2D eigenvalue weighted by Gasteiger charge is 2.21. The van der Waals surface area contributed by atoms with Crippen molar-refractivity contribution in [3.8, 4) is 5.88 Å². The SMILES string of the molecule is CCCc1c(O)n(CCOCC2CC2)c(=O)[nH]c1=O. The first-order valence-corrected chi connectivity index (χ1v) is 6.76. The van der Waals surface area contributed by atoms with Gasteiger partial charge in [-0.05, 0) is 25.2 Å². The van der Waals surface area contributed by atoms with Crippen molar-refractivity contribution in [1.82, 2.24) is 9.55 Å². The molecule has 0 spiro atoms. The Morgan fingerprint density at radius 1 is 1.42 bits per heavy atom. The molecule has 0 atom stereocenters. The van der Waals surface area contributed by atoms with E-state index in [1.807, 2.05) is 6.92 Å². The number of H-pyrrole nitrogens is 1. The van der Waals surface area contributed by atoms with Gasteiger partial charge in [0.15, 0.2) is 0 Å². The molecule has 2 rings (SSSR count). The second kappa shape index (κ2) is 6.06. The van der Waals surface area contributed by atoms with E-state index < -0.39 is 11.2 Å². The summed E-state index contributed by atoms with van der Waals surface area (Å²) in [6, 6.07) is 0. The van der Waals surface area contributed by atoms with Crippen LogP contribution in [0.4, 0.5) is 0 Å². The number of rotatable bonds is 7. The Hall–Kier alpha value is -1.56. The van der Waals surface area contributed by atoms with Crippen molar-refractivity contribution in [2.75, 3.05) is 13.2 Å². The van der Waals surface area contributed by atoms with E-state index in [2.05, 4.69) is 4.98 Å². The van der Waals surface area contributed by atoms with E-state index in [1.54, 1.807) is 0 Å². The van der Waals surface area contributed by atoms with E-state index in [0.29, 0.717) is 25.6 Å². The third-order valence-electron chi connectivity index (χ3n) is 3.27. The Bertz CT molecular complexity index is 543. The molecular formula is C13H20N2O4. The quantitative estimate of drug-likeness (QED) is 0.710. The minimum Gasteiger partial charge on any atom is -0.494 e. The molecule has 0 unspecified atom stereocenters. The van der Waals surface area contributed by atoms with Gasteiger partial charge in [0.25, 0.3) is 5.56 Å². The lowest BCUT2D eigenvalue weighted by molar-refractivity contribution is 0.114. The van der Waals surface area contributed by atoms with Crippen LogP contribution >= 0.6 is 0 Å². The average molecular weight is 268 g/mol. The average Bonchev–Trinajstić information content (AvgIpc) is 3.17. The number of hydrogen-bond donors (Lipinski definition) is 2. The number of aromatic hydroxyl groups is 1. The highest BCUT2D eigenvalue weighted by atomic mass is 16.5. The van der Waals surface area contributed by atoms with E-state index in [-0.39, 0.29) is 18.0 Å². The van der Waals surface area contributed by atoms with Crippen molar-refractivity contribution < 1.29 is 9.84 Å². The lowest BCUT2D eigenvalue weighted by Gasteiger charge is -2.11. The summed E-state index contributed by atoms with van der Waals surface area (Å²) in [4.78, 5) is 25.5. The number of aromatic nitrogens is 2. The van der Waals surface area contributed by atoms with Gasteiger partial charge in [-0.1, -0.05) is 13.3 Å². The monoisotopic (exact) mass is 268 g/mol. The van der Waals surface area contributed by atoms with Crippen molar-refractivity contribution in [1.29, 1.82) is 0 Å². The van der Waals surface area contributed by atoms with Gasteiger partial charge in [-0.3, -0.25) is 14.3 Å². The molecule has 1 aromatic heterocycles. The van der Waals surface area contributed by atoms with Crippen LogP contribution in [0.15, 0.2) is 9.59 Å². The molecule has 6 heteroatoms. The summed E-state index contributed by atoms with van der Waals surface area (Å²) in [7, 11) is 0. The molecule has 0 aliphatic heterocycles. The van der Waals surface area contributed by atoms with Crippen LogP contribution in [0.3, 0.4) is 0 Å². The Labute approximate surface area is 111 Å². The molecule has 1 heterocycles. The number of ether oxygens (including phenoxy) is 1. The molecule has 1 saturated carbocycles. The molecule has 0 bridgehead atoms. The first kappa shape index (κ1) is 13.9. The van der Waals surface area contributed by atoms with Crippen molar-refractivity contribution in [2.24, 2.45) is 5.92 Å². The zero-order valence-corrected chi connectivity index (χ0v) is 11.1. The second-order valence-corrected chi connectivity index (χ2v) is 4.98. The highest BCUT2D eigenvalue weighted by molar-refractivity contribution is 5.22. The Kier molecular flexibility index (Phi) is 4.42. The van der Waals surface area contributed by atoms with Gasteiger partial charge < -0.3 is 9.84 Å². The largest absolute Gasteiger partial charge is 0.494 e. The number of hydrogen-bond acceptors (Lipinski definition) is 4. The lowest BCUT2D eigenvalue weighted by Crippen LogP contribution is -2.33. The molecule has 19 heavy (non-hydrogen) atoms. The summed E-state index contributed by atoms with van der Waals surface area (Å²) in [5, 5.41) is 9.99. The van der Waals surface area contributed by atoms with Crippen LogP contribution in [0, 0.1) is 5.92 Å². The van der Waals surface area contributed by atoms with Gasteiger partial charge in [0.2, 0.25) is 5.88 Å². The summed E-state index contributed by atoms with van der Waals surface area (Å²) in [5.41, 5.74) is -0.818. The zero-order valence-electron chi connectivity index (χ0n) is 11.1. The number of nitrogens with one attached hydrogen (secondary N) is 1. The molecule has 2 N–H and O–H groups in total. The van der Waals surface area contributed by atoms with Crippen LogP contribution in [0.25, 0.3) is 0 Å². The molecule has 1 aromatic rings. The summed E-state index contributed by atoms with van der Waals surface area (Å²) in [6.45, 7) is 3.24. The van der Waals surface area contributed by atoms with Crippen molar-refractivity contribution in [2.45, 2.75) is 39.2 Å². The normalized spacial score (nSPS) is 14.8. The van der Waals surface area contributed by atoms with Crippen LogP contribution < -0.4 is 11.2 Å². The van der Waals surface area contributed by atoms with Gasteiger partial charge in [-0.25, -0.2) is 4.79 Å². The molecule has 106 valence electrons. The maximum Gasteiger partial charge on any atom is 0.331 e. The van der Waals surface area contributed by atoms with Crippen molar-refractivity contribution in [3.05, 3.63) is 26.4 Å². The van der Waals surface area contributed by atoms with Crippen molar-refractivity contribution in [3.63, 3.8) is 0 Å². The van der Waals surface area contributed by atoms with Crippen LogP contribution in [-0.4, -0.2) is 27.9 Å². The zero-order chi connectivity index (χ0) is 13.8. The maximum atomic E-state index is 11.6. The first-order chi connectivity index (χ1) is 9.13. The lowest BCUT2D eigenvalue weighted by atomic mass is 10.2. The van der Waals surface area contributed by atoms with Gasteiger partial charge in [-0.15, -0.1) is 0 Å². The van der Waals surface area contributed by atoms with E-state index in [4.69, 9.17) is 4.74 Å². The fourth-order valence-electron chi connectivity index (χ4n) is 1.97. The molecule has 0 aromatic carbocycles. The fraction of sp³-hybridized carbons (Fsp3) is 0.692. The fourth-order valence-corrected chi connectivity index (χ4v) is 1.97. The van der Waals surface area contributed by atoms with Crippen molar-refractivity contribution >= 4 is 0 Å². The minimum atomic E-state index is -0.586. The molecule has 1 aliphatic carbocycles. The number of nitrogens with zero attached hydrogens (tertiary/aromatic N) is 1. The molecule has 0 amide bonds. The molecule has 1 fully saturated rings. The summed E-state index contributed by atoms with van der Waals surface area (Å²) < 4.78 is 6.60. The smallest absolute Gasteiger partial charge is 0.331 e. The van der Waals surface area contributed by atoms with E-state index in [9.17, 15) is 14.7 Å². The minimum absolute atomic E-state index is 0.231. The van der Waals surface area contributed by atoms with Crippen LogP contribution in [0.5, 0.6) is 5.88 Å². The van der Waals surface area contributed by atoms with Gasteiger partial charge in [-0.2, -0.15) is 0 Å². The Balaban J connectivity index is 2.06. The van der Waals surface area contributed by atoms with E-state index >= 15 is 0 Å². The topological polar surface area (TPSA) is 84.3 Å². The van der Waals surface area contributed by atoms with E-state index in [0.717, 1.165) is 6.42 Å². The van der Waals surface area contributed by atoms with Crippen LogP contribution in [-0.2, 0) is 17.7 Å². The third kappa shape index (κ3) is 3.47. The van der Waals surface area contributed by atoms with Crippen LogP contribution in [0.1, 0.15) is 31.7 Å². The molecular weight excluding hydrogens is 248 g/mol. The standard InChI is InChI=1S/C13H20N2O4/c1-2-3-10-11(16)14-13(18)15(12(10)17)6-7-19-8-9-4-5-9/h9,17H,2-8H2,1H3,(H,14,16,18).